The van der Waals surface area contributed by atoms with Crippen molar-refractivity contribution in [1.29, 1.82) is 0 Å². The molecule has 3 rings (SSSR count). The van der Waals surface area contributed by atoms with Crippen LogP contribution in [0.25, 0.3) is 0 Å². The van der Waals surface area contributed by atoms with Gasteiger partial charge in [0.1, 0.15) is 0 Å². The van der Waals surface area contributed by atoms with Gasteiger partial charge >= 0.3 is 0 Å². The second kappa shape index (κ2) is 12.2. The van der Waals surface area contributed by atoms with Gasteiger partial charge in [-0.25, -0.2) is 0 Å². The quantitative estimate of drug-likeness (QED) is 0.363. The van der Waals surface area contributed by atoms with Crippen LogP contribution in [-0.4, -0.2) is 86.6 Å². The Morgan fingerprint density at radius 3 is 2.71 bits per heavy atom. The zero-order valence-corrected chi connectivity index (χ0v) is 19.7. The molecule has 0 aliphatic carbocycles. The molecule has 1 unspecified atom stereocenters. The van der Waals surface area contributed by atoms with E-state index < -0.39 is 0 Å². The molecule has 7 nitrogen and oxygen atoms in total. The van der Waals surface area contributed by atoms with Gasteiger partial charge < -0.3 is 20.4 Å². The Kier molecular flexibility index (Phi) is 9.28. The average Bonchev–Trinajstić information content (AvgIpc) is 3.25. The third kappa shape index (κ3) is 7.28. The molecule has 0 radical (unpaired) electrons. The Morgan fingerprint density at radius 2 is 2.00 bits per heavy atom. The number of carbonyl (C=O) groups excluding carboxylic acids is 1. The zero-order chi connectivity index (χ0) is 22.1. The lowest BCUT2D eigenvalue weighted by molar-refractivity contribution is -0.129. The molecular formula is C23H37ClN6O. The number of rotatable bonds is 8. The van der Waals surface area contributed by atoms with E-state index in [2.05, 4.69) is 33.4 Å². The highest BCUT2D eigenvalue weighted by atomic mass is 35.5. The number of hydrogen-bond acceptors (Lipinski definition) is 4. The van der Waals surface area contributed by atoms with Crippen LogP contribution in [0.4, 0.5) is 5.69 Å². The van der Waals surface area contributed by atoms with Crippen molar-refractivity contribution in [2.24, 2.45) is 4.99 Å². The predicted octanol–water partition coefficient (Wildman–Crippen LogP) is 2.42. The summed E-state index contributed by atoms with van der Waals surface area (Å²) in [6.07, 6.45) is 2.60. The van der Waals surface area contributed by atoms with Gasteiger partial charge in [-0.1, -0.05) is 24.6 Å². The molecule has 2 fully saturated rings. The first-order valence-electron chi connectivity index (χ1n) is 11.6. The molecule has 1 aromatic rings. The van der Waals surface area contributed by atoms with Gasteiger partial charge in [0.2, 0.25) is 5.91 Å². The van der Waals surface area contributed by atoms with E-state index in [0.29, 0.717) is 6.42 Å². The molecule has 2 aliphatic heterocycles. The van der Waals surface area contributed by atoms with Crippen molar-refractivity contribution in [2.45, 2.75) is 39.2 Å². The van der Waals surface area contributed by atoms with Crippen molar-refractivity contribution in [2.75, 3.05) is 63.8 Å². The number of amides is 1. The standard InChI is InChI=1S/C23H37ClN6O/c1-3-22(31)30-12-9-20(18-30)27-23(25-4-2)26-10-6-11-28-13-15-29(16-14-28)21-8-5-7-19(24)17-21/h5,7-8,17,20H,3-4,6,9-16,18H2,1-2H3,(H2,25,26,27). The highest BCUT2D eigenvalue weighted by Gasteiger charge is 2.25. The fraction of sp³-hybridized carbons (Fsp3) is 0.652. The van der Waals surface area contributed by atoms with Crippen molar-refractivity contribution in [3.8, 4) is 0 Å². The molecule has 0 aromatic heterocycles. The van der Waals surface area contributed by atoms with Crippen LogP contribution in [0, 0.1) is 0 Å². The van der Waals surface area contributed by atoms with Crippen LogP contribution in [0.5, 0.6) is 0 Å². The molecule has 1 atom stereocenters. The molecule has 0 saturated carbocycles. The van der Waals surface area contributed by atoms with E-state index in [1.807, 2.05) is 30.0 Å². The lowest BCUT2D eigenvalue weighted by Gasteiger charge is -2.36. The van der Waals surface area contributed by atoms with Crippen LogP contribution in [0.3, 0.4) is 0 Å². The van der Waals surface area contributed by atoms with Crippen molar-refractivity contribution in [3.63, 3.8) is 0 Å². The molecule has 2 aliphatic rings. The first-order chi connectivity index (χ1) is 15.1. The molecule has 1 amide bonds. The monoisotopic (exact) mass is 448 g/mol. The van der Waals surface area contributed by atoms with E-state index in [1.165, 1.54) is 5.69 Å². The maximum atomic E-state index is 11.9. The van der Waals surface area contributed by atoms with Gasteiger partial charge in [-0.15, -0.1) is 0 Å². The molecule has 2 saturated heterocycles. The molecule has 1 aromatic carbocycles. The number of piperazine rings is 1. The van der Waals surface area contributed by atoms with Crippen LogP contribution in [0.2, 0.25) is 5.02 Å². The summed E-state index contributed by atoms with van der Waals surface area (Å²) in [5, 5.41) is 7.64. The Balaban J connectivity index is 1.37. The number of nitrogens with one attached hydrogen (secondary N) is 2. The van der Waals surface area contributed by atoms with Gasteiger partial charge in [0.25, 0.3) is 0 Å². The van der Waals surface area contributed by atoms with E-state index in [-0.39, 0.29) is 11.9 Å². The summed E-state index contributed by atoms with van der Waals surface area (Å²) in [7, 11) is 0. The van der Waals surface area contributed by atoms with Gasteiger partial charge in [-0.2, -0.15) is 0 Å². The van der Waals surface area contributed by atoms with Crippen LogP contribution >= 0.6 is 11.6 Å². The summed E-state index contributed by atoms with van der Waals surface area (Å²) in [5.74, 6) is 1.10. The molecule has 0 spiro atoms. The van der Waals surface area contributed by atoms with E-state index >= 15 is 0 Å². The van der Waals surface area contributed by atoms with E-state index in [1.54, 1.807) is 0 Å². The maximum Gasteiger partial charge on any atom is 0.222 e. The summed E-state index contributed by atoms with van der Waals surface area (Å²) >= 11 is 6.13. The summed E-state index contributed by atoms with van der Waals surface area (Å²) in [4.78, 5) is 23.5. The number of likely N-dealkylation sites (tertiary alicyclic amines) is 1. The summed E-state index contributed by atoms with van der Waals surface area (Å²) in [6, 6.07) is 8.40. The average molecular weight is 449 g/mol. The van der Waals surface area contributed by atoms with E-state index in [0.717, 1.165) is 82.7 Å². The molecule has 8 heteroatoms. The Morgan fingerprint density at radius 1 is 1.19 bits per heavy atom. The molecular weight excluding hydrogens is 412 g/mol. The number of anilines is 1. The number of nitrogens with zero attached hydrogens (tertiary/aromatic N) is 4. The van der Waals surface area contributed by atoms with Crippen molar-refractivity contribution in [1.82, 2.24) is 20.4 Å². The number of carbonyl (C=O) groups is 1. The lowest BCUT2D eigenvalue weighted by Crippen LogP contribution is -2.47. The van der Waals surface area contributed by atoms with Gasteiger partial charge in [0.05, 0.1) is 0 Å². The second-order valence-corrected chi connectivity index (χ2v) is 8.68. The summed E-state index contributed by atoms with van der Waals surface area (Å²) < 4.78 is 0. The van der Waals surface area contributed by atoms with Crippen molar-refractivity contribution < 1.29 is 4.79 Å². The van der Waals surface area contributed by atoms with Gasteiger partial charge in [-0.05, 0) is 38.0 Å². The SMILES string of the molecule is CCNC(=NCCCN1CCN(c2cccc(Cl)c2)CC1)NC1CCN(C(=O)CC)C1. The highest BCUT2D eigenvalue weighted by molar-refractivity contribution is 6.30. The Hall–Kier alpha value is -1.99. The summed E-state index contributed by atoms with van der Waals surface area (Å²) in [6.45, 7) is 12.5. The first-order valence-corrected chi connectivity index (χ1v) is 12.0. The lowest BCUT2D eigenvalue weighted by atomic mass is 10.2. The second-order valence-electron chi connectivity index (χ2n) is 8.25. The number of hydrogen-bond donors (Lipinski definition) is 2. The van der Waals surface area contributed by atoms with Crippen molar-refractivity contribution in [3.05, 3.63) is 29.3 Å². The molecule has 2 heterocycles. The third-order valence-corrected chi connectivity index (χ3v) is 6.21. The van der Waals surface area contributed by atoms with Crippen LogP contribution in [0.1, 0.15) is 33.1 Å². The van der Waals surface area contributed by atoms with E-state index in [9.17, 15) is 4.79 Å². The highest BCUT2D eigenvalue weighted by Crippen LogP contribution is 2.20. The molecule has 2 N–H and O–H groups in total. The minimum atomic E-state index is 0.238. The van der Waals surface area contributed by atoms with Gasteiger partial charge in [0.15, 0.2) is 5.96 Å². The van der Waals surface area contributed by atoms with Crippen LogP contribution in [-0.2, 0) is 4.79 Å². The normalized spacial score (nSPS) is 20.2. The fourth-order valence-corrected chi connectivity index (χ4v) is 4.41. The fourth-order valence-electron chi connectivity index (χ4n) is 4.23. The van der Waals surface area contributed by atoms with Crippen LogP contribution < -0.4 is 15.5 Å². The number of guanidine groups is 1. The smallest absolute Gasteiger partial charge is 0.222 e. The largest absolute Gasteiger partial charge is 0.369 e. The van der Waals surface area contributed by atoms with Gasteiger partial charge in [0, 0.05) is 82.1 Å². The molecule has 0 bridgehead atoms. The Bertz CT molecular complexity index is 735. The number of benzene rings is 1. The van der Waals surface area contributed by atoms with Crippen LogP contribution in [0.15, 0.2) is 29.3 Å². The van der Waals surface area contributed by atoms with E-state index in [4.69, 9.17) is 16.6 Å². The zero-order valence-electron chi connectivity index (χ0n) is 18.9. The predicted molar refractivity (Wildman–Crippen MR) is 129 cm³/mol. The number of halogens is 1. The topological polar surface area (TPSA) is 63.2 Å². The first kappa shape index (κ1) is 23.7. The third-order valence-electron chi connectivity index (χ3n) is 5.98. The minimum Gasteiger partial charge on any atom is -0.369 e. The van der Waals surface area contributed by atoms with Gasteiger partial charge in [-0.3, -0.25) is 14.7 Å². The molecule has 172 valence electrons. The Labute approximate surface area is 191 Å². The maximum absolute atomic E-state index is 11.9. The minimum absolute atomic E-state index is 0.238. The summed E-state index contributed by atoms with van der Waals surface area (Å²) in [5.41, 5.74) is 1.21. The van der Waals surface area contributed by atoms with Crippen molar-refractivity contribution >= 4 is 29.2 Å². The molecule has 31 heavy (non-hydrogen) atoms. The number of aliphatic imine (C=N–C) groups is 1.